The number of morpholine rings is 1. The minimum absolute atomic E-state index is 0.0611. The zero-order valence-electron chi connectivity index (χ0n) is 41.6. The van der Waals surface area contributed by atoms with Crippen molar-refractivity contribution in [2.24, 2.45) is 5.92 Å². The molecule has 5 aliphatic heterocycles. The van der Waals surface area contributed by atoms with Crippen LogP contribution in [-0.2, 0) is 42.4 Å². The molecule has 3 amide bonds. The number of hydrogen-bond acceptors (Lipinski definition) is 15. The SMILES string of the molecule is O=C1OC(c2ccccc2)C(c2ccccc2)N2C1C(C(=O)N1CCN(Cc3ccc4c(c3)OCO4)CC1)C1(C(=O)N(C(=O)OCc3ccc([N+](=O)[O-])cc3)c3ccc(C#CCCO)cc31)C2c1cccc(OCCO)c1. The lowest BCUT2D eigenvalue weighted by Crippen LogP contribution is -2.59. The zero-order valence-corrected chi connectivity index (χ0v) is 41.6. The van der Waals surface area contributed by atoms with Crippen LogP contribution >= 0.6 is 0 Å². The predicted molar refractivity (Wildman–Crippen MR) is 277 cm³/mol. The van der Waals surface area contributed by atoms with Crippen molar-refractivity contribution in [1.82, 2.24) is 14.7 Å². The van der Waals surface area contributed by atoms with Crippen molar-refractivity contribution in [1.29, 1.82) is 0 Å². The molecule has 0 aliphatic carbocycles. The molecule has 0 saturated carbocycles. The Hall–Kier alpha value is -8.60. The molecule has 2 N–H and O–H groups in total. The summed E-state index contributed by atoms with van der Waals surface area (Å²) >= 11 is 0. The van der Waals surface area contributed by atoms with Gasteiger partial charge in [-0.15, -0.1) is 0 Å². The van der Waals surface area contributed by atoms with Gasteiger partial charge in [0.05, 0.1) is 41.8 Å². The summed E-state index contributed by atoms with van der Waals surface area (Å²) < 4.78 is 29.8. The number of non-ortho nitro benzene ring substituents is 1. The molecule has 0 bridgehead atoms. The van der Waals surface area contributed by atoms with Crippen LogP contribution in [0.3, 0.4) is 0 Å². The van der Waals surface area contributed by atoms with E-state index >= 15 is 19.2 Å². The van der Waals surface area contributed by atoms with Gasteiger partial charge in [-0.25, -0.2) is 9.69 Å². The molecule has 77 heavy (non-hydrogen) atoms. The number of esters is 1. The Bertz CT molecular complexity index is 3290. The molecule has 1 spiro atoms. The molecule has 392 valence electrons. The van der Waals surface area contributed by atoms with E-state index < -0.39 is 64.4 Å². The van der Waals surface area contributed by atoms with Gasteiger partial charge in [0.25, 0.3) is 5.69 Å². The van der Waals surface area contributed by atoms with Crippen molar-refractivity contribution in [3.05, 3.63) is 195 Å². The fourth-order valence-corrected chi connectivity index (χ4v) is 11.6. The summed E-state index contributed by atoms with van der Waals surface area (Å²) in [6.07, 6.45) is -1.94. The second kappa shape index (κ2) is 21.6. The van der Waals surface area contributed by atoms with Gasteiger partial charge in [0.15, 0.2) is 11.5 Å². The van der Waals surface area contributed by atoms with Crippen LogP contribution < -0.4 is 19.1 Å². The Morgan fingerprint density at radius 2 is 1.47 bits per heavy atom. The molecule has 11 rings (SSSR count). The number of carbonyl (C=O) groups excluding carboxylic acids is 4. The van der Waals surface area contributed by atoms with Gasteiger partial charge in [-0.3, -0.25) is 34.3 Å². The molecule has 0 radical (unpaired) electrons. The van der Waals surface area contributed by atoms with Crippen LogP contribution in [0.4, 0.5) is 16.2 Å². The average molecular weight is 1040 g/mol. The molecule has 6 aromatic carbocycles. The summed E-state index contributed by atoms with van der Waals surface area (Å²) in [5.41, 5.74) is 1.64. The third-order valence-electron chi connectivity index (χ3n) is 14.9. The Morgan fingerprint density at radius 3 is 2.19 bits per heavy atom. The Morgan fingerprint density at radius 1 is 0.753 bits per heavy atom. The Balaban J connectivity index is 1.10. The first-order chi connectivity index (χ1) is 37.6. The monoisotopic (exact) mass is 1040 g/mol. The van der Waals surface area contributed by atoms with E-state index in [4.69, 9.17) is 23.7 Å². The molecule has 3 fully saturated rings. The summed E-state index contributed by atoms with van der Waals surface area (Å²) in [5, 5.41) is 31.1. The molecule has 6 aromatic rings. The van der Waals surface area contributed by atoms with Gasteiger partial charge < -0.3 is 38.8 Å². The number of benzene rings is 6. The van der Waals surface area contributed by atoms with Gasteiger partial charge in [0, 0.05) is 56.8 Å². The van der Waals surface area contributed by atoms with Crippen molar-refractivity contribution in [2.45, 2.75) is 49.2 Å². The predicted octanol–water partition coefficient (Wildman–Crippen LogP) is 6.78. The third-order valence-corrected chi connectivity index (χ3v) is 14.9. The molecule has 0 aromatic heterocycles. The maximum Gasteiger partial charge on any atom is 0.421 e. The first-order valence-corrected chi connectivity index (χ1v) is 25.4. The molecule has 6 unspecified atom stereocenters. The van der Waals surface area contributed by atoms with E-state index in [0.29, 0.717) is 64.7 Å². The second-order valence-corrected chi connectivity index (χ2v) is 19.3. The number of aliphatic hydroxyl groups is 2. The number of imide groups is 1. The Labute approximate surface area is 443 Å². The van der Waals surface area contributed by atoms with Gasteiger partial charge >= 0.3 is 12.1 Å². The highest BCUT2D eigenvalue weighted by Gasteiger charge is 2.76. The maximum absolute atomic E-state index is 16.8. The van der Waals surface area contributed by atoms with Crippen molar-refractivity contribution in [2.75, 3.05) is 57.7 Å². The zero-order chi connectivity index (χ0) is 53.2. The van der Waals surface area contributed by atoms with E-state index in [1.807, 2.05) is 83.8 Å². The van der Waals surface area contributed by atoms with Crippen LogP contribution in [0.15, 0.2) is 146 Å². The van der Waals surface area contributed by atoms with Crippen LogP contribution in [-0.4, -0.2) is 113 Å². The average Bonchev–Trinajstić information content (AvgIpc) is 4.25. The van der Waals surface area contributed by atoms with E-state index in [-0.39, 0.29) is 69.7 Å². The highest BCUT2D eigenvalue weighted by Crippen LogP contribution is 2.66. The Kier molecular flexibility index (Phi) is 14.2. The van der Waals surface area contributed by atoms with Crippen LogP contribution in [0.25, 0.3) is 0 Å². The smallest absolute Gasteiger partial charge is 0.421 e. The standard InChI is InChI=1S/C59H53N5O13/c65-29-8-7-10-38-19-23-47-46(32-38)59(57(69)62(47)58(70)74-36-39-17-21-44(22-18-39)64(71)72)50(55(67)61-27-25-60(26-28-61)35-40-20-24-48-49(33-40)76-37-75-48)52-56(68)77-53(42-13-5-2-6-14-42)51(41-11-3-1-4-12-41)63(52)54(59)43-15-9-16-45(34-43)73-31-30-66/h1-6,9,11-24,32-34,50-54,65-66H,8,25-31,35-37H2. The fraction of sp³-hybridized carbons (Fsp3) is 0.288. The van der Waals surface area contributed by atoms with E-state index in [9.17, 15) is 20.3 Å². The first kappa shape index (κ1) is 50.6. The number of piperazine rings is 1. The number of nitro benzene ring substituents is 1. The van der Waals surface area contributed by atoms with Crippen molar-refractivity contribution >= 4 is 35.3 Å². The number of anilines is 1. The maximum atomic E-state index is 16.8. The fourth-order valence-electron chi connectivity index (χ4n) is 11.6. The molecule has 18 heteroatoms. The van der Waals surface area contributed by atoms with Gasteiger partial charge in [-0.1, -0.05) is 90.7 Å². The number of aliphatic hydroxyl groups excluding tert-OH is 2. The van der Waals surface area contributed by atoms with Crippen molar-refractivity contribution < 1.29 is 58.0 Å². The number of nitro groups is 1. The molecule has 18 nitrogen and oxygen atoms in total. The van der Waals surface area contributed by atoms with Crippen LogP contribution in [0.1, 0.15) is 63.6 Å². The summed E-state index contributed by atoms with van der Waals surface area (Å²) in [5.74, 6) is 4.04. The molecule has 5 aliphatic rings. The molecular formula is C59H53N5O13. The number of cyclic esters (lactones) is 1. The number of hydrogen-bond donors (Lipinski definition) is 2. The number of rotatable bonds is 13. The first-order valence-electron chi connectivity index (χ1n) is 25.4. The van der Waals surface area contributed by atoms with Crippen LogP contribution in [0, 0.1) is 27.9 Å². The molecule has 3 saturated heterocycles. The normalized spacial score (nSPS) is 22.4. The summed E-state index contributed by atoms with van der Waals surface area (Å²) in [6, 6.07) is 38.3. The van der Waals surface area contributed by atoms with Crippen LogP contribution in [0.5, 0.6) is 17.2 Å². The van der Waals surface area contributed by atoms with E-state index in [2.05, 4.69) is 16.7 Å². The van der Waals surface area contributed by atoms with Gasteiger partial charge in [0.2, 0.25) is 18.6 Å². The summed E-state index contributed by atoms with van der Waals surface area (Å²) in [6.45, 7) is 1.05. The molecule has 5 heterocycles. The highest BCUT2D eigenvalue weighted by atomic mass is 16.7. The van der Waals surface area contributed by atoms with Gasteiger partial charge in [-0.05, 0) is 88.0 Å². The van der Waals surface area contributed by atoms with Gasteiger partial charge in [0.1, 0.15) is 36.5 Å². The number of nitrogens with zero attached hydrogens (tertiary/aromatic N) is 5. The van der Waals surface area contributed by atoms with E-state index in [1.165, 1.54) is 24.3 Å². The van der Waals surface area contributed by atoms with Crippen LogP contribution in [0.2, 0.25) is 0 Å². The number of ether oxygens (including phenoxy) is 5. The van der Waals surface area contributed by atoms with Crippen molar-refractivity contribution in [3.63, 3.8) is 0 Å². The summed E-state index contributed by atoms with van der Waals surface area (Å²) in [7, 11) is 0. The molecule has 6 atom stereocenters. The van der Waals surface area contributed by atoms with E-state index in [0.717, 1.165) is 10.5 Å². The second-order valence-electron chi connectivity index (χ2n) is 19.3. The lowest BCUT2D eigenvalue weighted by atomic mass is 9.64. The molecular weight excluding hydrogens is 987 g/mol. The topological polar surface area (TPSA) is 211 Å². The third kappa shape index (κ3) is 9.37. The number of amides is 3. The lowest BCUT2D eigenvalue weighted by molar-refractivity contribution is -0.384. The highest BCUT2D eigenvalue weighted by molar-refractivity contribution is 6.23. The van der Waals surface area contributed by atoms with Gasteiger partial charge in [-0.2, -0.15) is 0 Å². The summed E-state index contributed by atoms with van der Waals surface area (Å²) in [4.78, 5) is 81.6. The quantitative estimate of drug-likeness (QED) is 0.0529. The lowest BCUT2D eigenvalue weighted by Gasteiger charge is -2.46. The largest absolute Gasteiger partial charge is 0.491 e. The number of carbonyl (C=O) groups is 4. The minimum Gasteiger partial charge on any atom is -0.491 e. The minimum atomic E-state index is -2.13. The van der Waals surface area contributed by atoms with Crippen molar-refractivity contribution in [3.8, 4) is 29.1 Å². The number of fused-ring (bicyclic) bond motifs is 4. The van der Waals surface area contributed by atoms with E-state index in [1.54, 1.807) is 47.4 Å².